The van der Waals surface area contributed by atoms with E-state index in [1.54, 1.807) is 55.0 Å². The summed E-state index contributed by atoms with van der Waals surface area (Å²) in [6, 6.07) is 13.3. The van der Waals surface area contributed by atoms with Crippen LogP contribution >= 0.6 is 12.4 Å². The Balaban J connectivity index is 0.00000261. The minimum absolute atomic E-state index is 0. The second kappa shape index (κ2) is 9.16. The molecule has 0 amide bonds. The zero-order valence-corrected chi connectivity index (χ0v) is 16.1. The molecule has 0 aliphatic rings. The van der Waals surface area contributed by atoms with E-state index in [0.717, 1.165) is 5.56 Å². The van der Waals surface area contributed by atoms with Gasteiger partial charge in [-0.3, -0.25) is 14.7 Å². The Morgan fingerprint density at radius 2 is 1.74 bits per heavy atom. The molecule has 1 aromatic heterocycles. The van der Waals surface area contributed by atoms with Gasteiger partial charge in [-0.2, -0.15) is 0 Å². The molecule has 2 aromatic carbocycles. The molecule has 3 rings (SSSR count). The van der Waals surface area contributed by atoms with Crippen molar-refractivity contribution in [2.24, 2.45) is 0 Å². The number of rotatable bonds is 6. The smallest absolute Gasteiger partial charge is 0.261 e. The van der Waals surface area contributed by atoms with E-state index in [0.29, 0.717) is 17.1 Å². The number of methoxy groups -OCH3 is 1. The number of halogens is 1. The molecule has 0 saturated carbocycles. The molecule has 0 bridgehead atoms. The molecule has 0 fully saturated rings. The van der Waals surface area contributed by atoms with Crippen LogP contribution in [0.5, 0.6) is 5.75 Å². The summed E-state index contributed by atoms with van der Waals surface area (Å²) in [5.41, 5.74) is 1.87. The van der Waals surface area contributed by atoms with Crippen LogP contribution in [-0.2, 0) is 10.0 Å². The fourth-order valence-electron chi connectivity index (χ4n) is 2.27. The Morgan fingerprint density at radius 3 is 2.41 bits per heavy atom. The lowest BCUT2D eigenvalue weighted by molar-refractivity contribution is 0.414. The Bertz CT molecular complexity index is 1010. The van der Waals surface area contributed by atoms with Crippen molar-refractivity contribution in [3.63, 3.8) is 0 Å². The largest absolute Gasteiger partial charge is 0.497 e. The molecular weight excluding hydrogens is 386 g/mol. The highest BCUT2D eigenvalue weighted by Gasteiger charge is 2.15. The number of para-hydroxylation sites is 1. The normalized spacial score (nSPS) is 11.0. The Kier molecular flexibility index (Phi) is 6.92. The van der Waals surface area contributed by atoms with E-state index in [9.17, 15) is 8.42 Å². The van der Waals surface area contributed by atoms with Crippen LogP contribution in [0.3, 0.4) is 0 Å². The standard InChI is InChI=1S/C19H17N3O3S.ClH/c1-25-17-8-10-18(11-9-17)26(23,24)22-19-5-3-2-4-15(19)6-7-16-14-20-12-13-21-16;/h2-14,22H,1H3;1H/b7-6+;. The molecule has 0 saturated heterocycles. The molecule has 3 aromatic rings. The second-order valence-corrected chi connectivity index (χ2v) is 7.01. The van der Waals surface area contributed by atoms with Gasteiger partial charge in [-0.05, 0) is 42.0 Å². The number of sulfonamides is 1. The van der Waals surface area contributed by atoms with Gasteiger partial charge in [0.15, 0.2) is 0 Å². The van der Waals surface area contributed by atoms with Crippen LogP contribution in [0.25, 0.3) is 12.2 Å². The van der Waals surface area contributed by atoms with Crippen molar-refractivity contribution in [3.05, 3.63) is 78.4 Å². The quantitative estimate of drug-likeness (QED) is 0.675. The van der Waals surface area contributed by atoms with Crippen molar-refractivity contribution in [2.45, 2.75) is 4.90 Å². The van der Waals surface area contributed by atoms with E-state index in [1.165, 1.54) is 19.2 Å². The van der Waals surface area contributed by atoms with Crippen LogP contribution in [0.15, 0.2) is 72.0 Å². The van der Waals surface area contributed by atoms with Crippen molar-refractivity contribution >= 4 is 40.3 Å². The zero-order valence-electron chi connectivity index (χ0n) is 14.4. The van der Waals surface area contributed by atoms with Gasteiger partial charge in [-0.1, -0.05) is 24.3 Å². The molecule has 0 aliphatic heterocycles. The van der Waals surface area contributed by atoms with Crippen molar-refractivity contribution in [2.75, 3.05) is 11.8 Å². The molecule has 0 spiro atoms. The molecule has 27 heavy (non-hydrogen) atoms. The average Bonchev–Trinajstić information content (AvgIpc) is 2.68. The third-order valence-corrected chi connectivity index (χ3v) is 4.97. The van der Waals surface area contributed by atoms with E-state index in [-0.39, 0.29) is 17.3 Å². The third kappa shape index (κ3) is 5.29. The summed E-state index contributed by atoms with van der Waals surface area (Å²) in [7, 11) is -2.18. The summed E-state index contributed by atoms with van der Waals surface area (Å²) in [5, 5.41) is 0. The summed E-state index contributed by atoms with van der Waals surface area (Å²) >= 11 is 0. The molecule has 0 atom stereocenters. The molecule has 0 unspecified atom stereocenters. The highest BCUT2D eigenvalue weighted by atomic mass is 35.5. The maximum atomic E-state index is 12.6. The predicted molar refractivity (Wildman–Crippen MR) is 108 cm³/mol. The Morgan fingerprint density at radius 1 is 1.00 bits per heavy atom. The van der Waals surface area contributed by atoms with Gasteiger partial charge in [0.1, 0.15) is 5.75 Å². The van der Waals surface area contributed by atoms with Crippen LogP contribution in [0.1, 0.15) is 11.3 Å². The zero-order chi connectivity index (χ0) is 18.4. The highest BCUT2D eigenvalue weighted by molar-refractivity contribution is 7.92. The van der Waals surface area contributed by atoms with Gasteiger partial charge in [0.2, 0.25) is 0 Å². The summed E-state index contributed by atoms with van der Waals surface area (Å²) in [5.74, 6) is 0.594. The first-order valence-corrected chi connectivity index (χ1v) is 9.27. The number of benzene rings is 2. The third-order valence-electron chi connectivity index (χ3n) is 3.59. The molecule has 8 heteroatoms. The van der Waals surface area contributed by atoms with Gasteiger partial charge in [-0.25, -0.2) is 8.42 Å². The van der Waals surface area contributed by atoms with E-state index in [2.05, 4.69) is 14.7 Å². The van der Waals surface area contributed by atoms with Gasteiger partial charge < -0.3 is 4.74 Å². The van der Waals surface area contributed by atoms with Crippen molar-refractivity contribution < 1.29 is 13.2 Å². The van der Waals surface area contributed by atoms with Gasteiger partial charge >= 0.3 is 0 Å². The lowest BCUT2D eigenvalue weighted by Crippen LogP contribution is -2.13. The first kappa shape index (κ1) is 20.4. The number of nitrogens with one attached hydrogen (secondary N) is 1. The first-order chi connectivity index (χ1) is 12.6. The molecule has 140 valence electrons. The number of anilines is 1. The van der Waals surface area contributed by atoms with Gasteiger partial charge in [0, 0.05) is 12.4 Å². The monoisotopic (exact) mass is 403 g/mol. The molecular formula is C19H18ClN3O3S. The Hall–Kier alpha value is -2.90. The van der Waals surface area contributed by atoms with E-state index in [4.69, 9.17) is 4.74 Å². The molecule has 1 heterocycles. The van der Waals surface area contributed by atoms with Crippen molar-refractivity contribution in [1.29, 1.82) is 0 Å². The number of nitrogens with zero attached hydrogens (tertiary/aromatic N) is 2. The van der Waals surface area contributed by atoms with E-state index < -0.39 is 10.0 Å². The number of aromatic nitrogens is 2. The van der Waals surface area contributed by atoms with Gasteiger partial charge in [-0.15, -0.1) is 12.4 Å². The fourth-order valence-corrected chi connectivity index (χ4v) is 3.35. The van der Waals surface area contributed by atoms with Gasteiger partial charge in [0.25, 0.3) is 10.0 Å². The van der Waals surface area contributed by atoms with Crippen LogP contribution in [0.4, 0.5) is 5.69 Å². The maximum Gasteiger partial charge on any atom is 0.261 e. The van der Waals surface area contributed by atoms with Crippen LogP contribution in [-0.4, -0.2) is 25.5 Å². The van der Waals surface area contributed by atoms with Crippen molar-refractivity contribution in [1.82, 2.24) is 9.97 Å². The lowest BCUT2D eigenvalue weighted by Gasteiger charge is -2.11. The van der Waals surface area contributed by atoms with Crippen LogP contribution in [0.2, 0.25) is 0 Å². The maximum absolute atomic E-state index is 12.6. The van der Waals surface area contributed by atoms with Crippen LogP contribution in [0, 0.1) is 0 Å². The minimum Gasteiger partial charge on any atom is -0.497 e. The highest BCUT2D eigenvalue weighted by Crippen LogP contribution is 2.23. The SMILES string of the molecule is COc1ccc(S(=O)(=O)Nc2ccccc2/C=C/c2cnccn2)cc1.Cl. The molecule has 1 N–H and O–H groups in total. The fraction of sp³-hybridized carbons (Fsp3) is 0.0526. The summed E-state index contributed by atoms with van der Waals surface area (Å²) in [4.78, 5) is 8.32. The lowest BCUT2D eigenvalue weighted by atomic mass is 10.1. The predicted octanol–water partition coefficient (Wildman–Crippen LogP) is 3.88. The van der Waals surface area contributed by atoms with E-state index >= 15 is 0 Å². The molecule has 6 nitrogen and oxygen atoms in total. The summed E-state index contributed by atoms with van der Waals surface area (Å²) < 4.78 is 32.9. The van der Waals surface area contributed by atoms with Crippen molar-refractivity contribution in [3.8, 4) is 5.75 Å². The topological polar surface area (TPSA) is 81.2 Å². The average molecular weight is 404 g/mol. The van der Waals surface area contributed by atoms with Gasteiger partial charge in [0.05, 0.1) is 29.6 Å². The Labute approximate surface area is 164 Å². The summed E-state index contributed by atoms with van der Waals surface area (Å²) in [6.07, 6.45) is 8.37. The number of hydrogen-bond donors (Lipinski definition) is 1. The van der Waals surface area contributed by atoms with Crippen LogP contribution < -0.4 is 9.46 Å². The number of ether oxygens (including phenoxy) is 1. The molecule has 0 radical (unpaired) electrons. The number of hydrogen-bond acceptors (Lipinski definition) is 5. The molecule has 0 aliphatic carbocycles. The first-order valence-electron chi connectivity index (χ1n) is 7.78. The second-order valence-electron chi connectivity index (χ2n) is 5.33. The minimum atomic E-state index is -3.71. The summed E-state index contributed by atoms with van der Waals surface area (Å²) in [6.45, 7) is 0. The van der Waals surface area contributed by atoms with E-state index in [1.807, 2.05) is 12.1 Å².